The SMILES string of the molecule is O=C(CCn1nc(C(F)(F)F)c(Br)c1C1CC1)Nc1ncn(Cc2c(F)cccc2Cl)n1. The standard InChI is InChI=1S/C19H16BrClF4N6O/c20-15-16(10-4-5-10)31(28-17(15)19(23,24)25)7-6-14(32)27-18-26-9-30(29-18)8-11-12(21)2-1-3-13(11)22/h1-3,9-10H,4-8H2,(H,27,29,32). The molecular weight excluding hydrogens is 520 g/mol. The van der Waals surface area contributed by atoms with Gasteiger partial charge in [-0.1, -0.05) is 17.7 Å². The van der Waals surface area contributed by atoms with Gasteiger partial charge in [0, 0.05) is 22.9 Å². The molecule has 1 aromatic carbocycles. The van der Waals surface area contributed by atoms with Crippen molar-refractivity contribution in [2.75, 3.05) is 5.32 Å². The van der Waals surface area contributed by atoms with Crippen LogP contribution in [0.4, 0.5) is 23.5 Å². The molecule has 7 nitrogen and oxygen atoms in total. The molecule has 0 unspecified atom stereocenters. The van der Waals surface area contributed by atoms with Gasteiger partial charge in [0.05, 0.1) is 23.3 Å². The molecule has 1 fully saturated rings. The number of carbonyl (C=O) groups is 1. The molecule has 0 saturated heterocycles. The van der Waals surface area contributed by atoms with E-state index in [9.17, 15) is 22.4 Å². The molecule has 0 spiro atoms. The van der Waals surface area contributed by atoms with E-state index in [1.54, 1.807) is 6.07 Å². The lowest BCUT2D eigenvalue weighted by atomic mass is 10.2. The Morgan fingerprint density at radius 2 is 2.03 bits per heavy atom. The fourth-order valence-corrected chi connectivity index (χ4v) is 4.27. The maximum absolute atomic E-state index is 13.9. The first-order valence-electron chi connectivity index (χ1n) is 9.59. The van der Waals surface area contributed by atoms with E-state index in [1.807, 2.05) is 0 Å². The van der Waals surface area contributed by atoms with Crippen molar-refractivity contribution in [1.29, 1.82) is 0 Å². The lowest BCUT2D eigenvalue weighted by Gasteiger charge is -2.07. The van der Waals surface area contributed by atoms with Crippen LogP contribution < -0.4 is 5.32 Å². The summed E-state index contributed by atoms with van der Waals surface area (Å²) in [6.45, 7) is -0.0153. The Bertz CT molecular complexity index is 1140. The van der Waals surface area contributed by atoms with Crippen molar-refractivity contribution < 1.29 is 22.4 Å². The van der Waals surface area contributed by atoms with E-state index in [0.717, 1.165) is 12.8 Å². The highest BCUT2D eigenvalue weighted by Crippen LogP contribution is 2.47. The monoisotopic (exact) mass is 534 g/mol. The van der Waals surface area contributed by atoms with Gasteiger partial charge in [-0.15, -0.1) is 5.10 Å². The molecule has 3 aromatic rings. The summed E-state index contributed by atoms with van der Waals surface area (Å²) in [5, 5.41) is 10.4. The summed E-state index contributed by atoms with van der Waals surface area (Å²) in [6.07, 6.45) is -1.85. The van der Waals surface area contributed by atoms with E-state index in [2.05, 4.69) is 36.4 Å². The van der Waals surface area contributed by atoms with E-state index >= 15 is 0 Å². The smallest absolute Gasteiger partial charge is 0.293 e. The molecular formula is C19H16BrClF4N6O. The van der Waals surface area contributed by atoms with Gasteiger partial charge in [-0.05, 0) is 40.9 Å². The van der Waals surface area contributed by atoms with Crippen molar-refractivity contribution in [3.05, 3.63) is 56.8 Å². The molecule has 0 atom stereocenters. The van der Waals surface area contributed by atoms with Crippen LogP contribution in [-0.4, -0.2) is 30.5 Å². The van der Waals surface area contributed by atoms with Gasteiger partial charge in [0.25, 0.3) is 0 Å². The largest absolute Gasteiger partial charge is 0.436 e. The fraction of sp³-hybridized carbons (Fsp3) is 0.368. The number of rotatable bonds is 7. The molecule has 1 amide bonds. The first-order valence-corrected chi connectivity index (χ1v) is 10.8. The molecule has 1 aliphatic carbocycles. The zero-order valence-electron chi connectivity index (χ0n) is 16.3. The second kappa shape index (κ2) is 8.81. The maximum Gasteiger partial charge on any atom is 0.436 e. The Morgan fingerprint density at radius 1 is 1.28 bits per heavy atom. The number of hydrogen-bond acceptors (Lipinski definition) is 4. The summed E-state index contributed by atoms with van der Waals surface area (Å²) in [5.74, 6) is -0.997. The van der Waals surface area contributed by atoms with Crippen molar-refractivity contribution in [2.45, 2.75) is 44.4 Å². The van der Waals surface area contributed by atoms with Gasteiger partial charge in [-0.3, -0.25) is 14.8 Å². The van der Waals surface area contributed by atoms with Crippen LogP contribution in [0.25, 0.3) is 0 Å². The molecule has 4 rings (SSSR count). The van der Waals surface area contributed by atoms with Crippen LogP contribution in [0, 0.1) is 5.82 Å². The first kappa shape index (κ1) is 22.7. The average molecular weight is 536 g/mol. The molecule has 170 valence electrons. The highest BCUT2D eigenvalue weighted by atomic mass is 79.9. The second-order valence-corrected chi connectivity index (χ2v) is 8.51. The summed E-state index contributed by atoms with van der Waals surface area (Å²) < 4.78 is 55.9. The summed E-state index contributed by atoms with van der Waals surface area (Å²) in [6, 6.07) is 4.31. The van der Waals surface area contributed by atoms with Crippen molar-refractivity contribution in [3.8, 4) is 0 Å². The zero-order valence-corrected chi connectivity index (χ0v) is 18.7. The van der Waals surface area contributed by atoms with Crippen LogP contribution in [0.3, 0.4) is 0 Å². The summed E-state index contributed by atoms with van der Waals surface area (Å²) in [5.41, 5.74) is -0.310. The van der Waals surface area contributed by atoms with Gasteiger partial charge in [-0.25, -0.2) is 14.1 Å². The average Bonchev–Trinajstić information content (AvgIpc) is 3.35. The lowest BCUT2D eigenvalue weighted by Crippen LogP contribution is -2.17. The Labute approximate surface area is 192 Å². The van der Waals surface area contributed by atoms with E-state index in [1.165, 1.54) is 27.8 Å². The molecule has 1 N–H and O–H groups in total. The van der Waals surface area contributed by atoms with Gasteiger partial charge < -0.3 is 0 Å². The van der Waals surface area contributed by atoms with Crippen LogP contribution in [0.5, 0.6) is 0 Å². The van der Waals surface area contributed by atoms with Crippen molar-refractivity contribution in [2.24, 2.45) is 0 Å². The normalized spacial score (nSPS) is 14.1. The number of nitrogens with one attached hydrogen (secondary N) is 1. The van der Waals surface area contributed by atoms with Crippen LogP contribution in [0.2, 0.25) is 5.02 Å². The van der Waals surface area contributed by atoms with Gasteiger partial charge in [0.1, 0.15) is 12.1 Å². The second-order valence-electron chi connectivity index (χ2n) is 7.31. The number of amides is 1. The minimum absolute atomic E-state index is 0.00129. The van der Waals surface area contributed by atoms with Crippen LogP contribution in [0.1, 0.15) is 42.1 Å². The highest BCUT2D eigenvalue weighted by molar-refractivity contribution is 9.10. The molecule has 0 aliphatic heterocycles. The molecule has 0 bridgehead atoms. The van der Waals surface area contributed by atoms with Crippen LogP contribution in [-0.2, 0) is 24.1 Å². The summed E-state index contributed by atoms with van der Waals surface area (Å²) in [7, 11) is 0. The fourth-order valence-electron chi connectivity index (χ4n) is 3.22. The van der Waals surface area contributed by atoms with Gasteiger partial charge in [0.15, 0.2) is 5.69 Å². The van der Waals surface area contributed by atoms with Crippen LogP contribution in [0.15, 0.2) is 29.0 Å². The number of alkyl halides is 3. The number of hydrogen-bond donors (Lipinski definition) is 1. The predicted octanol–water partition coefficient (Wildman–Crippen LogP) is 5.00. The maximum atomic E-state index is 13.9. The van der Waals surface area contributed by atoms with Crippen molar-refractivity contribution in [3.63, 3.8) is 0 Å². The van der Waals surface area contributed by atoms with Gasteiger partial charge in [0.2, 0.25) is 11.9 Å². The zero-order chi connectivity index (χ0) is 23.0. The molecule has 2 heterocycles. The Hall–Kier alpha value is -2.47. The third-order valence-electron chi connectivity index (χ3n) is 4.88. The third-order valence-corrected chi connectivity index (χ3v) is 6.02. The number of aryl methyl sites for hydroxylation is 1. The van der Waals surface area contributed by atoms with Crippen molar-refractivity contribution in [1.82, 2.24) is 24.5 Å². The Morgan fingerprint density at radius 3 is 2.69 bits per heavy atom. The number of nitrogens with zero attached hydrogens (tertiary/aromatic N) is 5. The first-order chi connectivity index (χ1) is 15.1. The lowest BCUT2D eigenvalue weighted by molar-refractivity contribution is -0.142. The molecule has 0 radical (unpaired) electrons. The molecule has 1 aliphatic rings. The highest BCUT2D eigenvalue weighted by Gasteiger charge is 2.41. The topological polar surface area (TPSA) is 77.6 Å². The van der Waals surface area contributed by atoms with Gasteiger partial charge in [-0.2, -0.15) is 18.3 Å². The Balaban J connectivity index is 1.39. The number of carbonyl (C=O) groups excluding carboxylic acids is 1. The molecule has 13 heteroatoms. The quantitative estimate of drug-likeness (QED) is 0.432. The van der Waals surface area contributed by atoms with E-state index in [0.29, 0.717) is 5.69 Å². The summed E-state index contributed by atoms with van der Waals surface area (Å²) >= 11 is 9.01. The molecule has 32 heavy (non-hydrogen) atoms. The number of aromatic nitrogens is 5. The number of anilines is 1. The third kappa shape index (κ3) is 4.96. The Kier molecular flexibility index (Phi) is 6.26. The number of halogens is 6. The molecule has 1 saturated carbocycles. The minimum Gasteiger partial charge on any atom is -0.293 e. The predicted molar refractivity (Wildman–Crippen MR) is 111 cm³/mol. The van der Waals surface area contributed by atoms with Crippen molar-refractivity contribution >= 4 is 39.4 Å². The van der Waals surface area contributed by atoms with Gasteiger partial charge >= 0.3 is 6.18 Å². The molecule has 2 aromatic heterocycles. The summed E-state index contributed by atoms with van der Waals surface area (Å²) in [4.78, 5) is 16.2. The van der Waals surface area contributed by atoms with E-state index in [-0.39, 0.29) is 46.4 Å². The number of benzene rings is 1. The van der Waals surface area contributed by atoms with E-state index < -0.39 is 23.6 Å². The van der Waals surface area contributed by atoms with E-state index in [4.69, 9.17) is 11.6 Å². The van der Waals surface area contributed by atoms with Crippen LogP contribution >= 0.6 is 27.5 Å². The minimum atomic E-state index is -4.59.